The summed E-state index contributed by atoms with van der Waals surface area (Å²) in [6.45, 7) is -0.267. The van der Waals surface area contributed by atoms with E-state index < -0.39 is 29.6 Å². The van der Waals surface area contributed by atoms with Crippen LogP contribution in [0.25, 0.3) is 6.08 Å². The van der Waals surface area contributed by atoms with Gasteiger partial charge in [0.2, 0.25) is 11.8 Å². The van der Waals surface area contributed by atoms with Crippen LogP contribution in [0.4, 0.5) is 4.39 Å². The van der Waals surface area contributed by atoms with Gasteiger partial charge >= 0.3 is 5.97 Å². The number of nitrogens with one attached hydrogen (secondary N) is 2. The molecule has 2 rings (SSSR count). The van der Waals surface area contributed by atoms with Crippen molar-refractivity contribution in [3.05, 3.63) is 77.6 Å². The lowest BCUT2D eigenvalue weighted by molar-refractivity contribution is -0.141. The van der Waals surface area contributed by atoms with Crippen LogP contribution in [0.5, 0.6) is 0 Å². The first-order valence-electron chi connectivity index (χ1n) is 8.60. The van der Waals surface area contributed by atoms with Crippen molar-refractivity contribution in [1.29, 1.82) is 0 Å². The maximum Gasteiger partial charge on any atom is 0.307 e. The van der Waals surface area contributed by atoms with Gasteiger partial charge in [0.05, 0.1) is 26.1 Å². The minimum atomic E-state index is -0.697. The van der Waals surface area contributed by atoms with Gasteiger partial charge < -0.3 is 15.4 Å². The second-order valence-electron chi connectivity index (χ2n) is 5.91. The zero-order chi connectivity index (χ0) is 20.4. The monoisotopic (exact) mass is 384 g/mol. The molecule has 0 fully saturated rings. The summed E-state index contributed by atoms with van der Waals surface area (Å²) >= 11 is 0. The van der Waals surface area contributed by atoms with E-state index in [1.807, 2.05) is 30.3 Å². The molecule has 0 aliphatic rings. The fourth-order valence-electron chi connectivity index (χ4n) is 2.41. The van der Waals surface area contributed by atoms with Crippen molar-refractivity contribution in [2.75, 3.05) is 13.7 Å². The molecule has 2 aromatic carbocycles. The molecule has 0 aromatic heterocycles. The van der Waals surface area contributed by atoms with Crippen molar-refractivity contribution < 1.29 is 23.5 Å². The van der Waals surface area contributed by atoms with E-state index in [0.29, 0.717) is 5.56 Å². The second-order valence-corrected chi connectivity index (χ2v) is 5.91. The van der Waals surface area contributed by atoms with Crippen molar-refractivity contribution in [3.63, 3.8) is 0 Å². The van der Waals surface area contributed by atoms with Crippen molar-refractivity contribution >= 4 is 23.9 Å². The largest absolute Gasteiger partial charge is 0.469 e. The summed E-state index contributed by atoms with van der Waals surface area (Å²) < 4.78 is 17.7. The minimum Gasteiger partial charge on any atom is -0.469 e. The van der Waals surface area contributed by atoms with E-state index in [9.17, 15) is 18.8 Å². The molecule has 2 aromatic rings. The maximum absolute atomic E-state index is 13.1. The van der Waals surface area contributed by atoms with Gasteiger partial charge in [-0.15, -0.1) is 0 Å². The molecule has 7 heteroatoms. The Morgan fingerprint density at radius 1 is 1.07 bits per heavy atom. The van der Waals surface area contributed by atoms with E-state index in [-0.39, 0.29) is 13.0 Å². The fourth-order valence-corrected chi connectivity index (χ4v) is 2.41. The van der Waals surface area contributed by atoms with Gasteiger partial charge in [-0.1, -0.05) is 42.5 Å². The van der Waals surface area contributed by atoms with Crippen LogP contribution in [0.3, 0.4) is 0 Å². The van der Waals surface area contributed by atoms with Crippen molar-refractivity contribution in [3.8, 4) is 0 Å². The number of halogens is 1. The van der Waals surface area contributed by atoms with Gasteiger partial charge in [0.15, 0.2) is 0 Å². The summed E-state index contributed by atoms with van der Waals surface area (Å²) in [5.74, 6) is -1.86. The average Bonchev–Trinajstić information content (AvgIpc) is 2.71. The first-order chi connectivity index (χ1) is 13.5. The highest BCUT2D eigenvalue weighted by Crippen LogP contribution is 2.18. The van der Waals surface area contributed by atoms with E-state index in [4.69, 9.17) is 0 Å². The van der Waals surface area contributed by atoms with Gasteiger partial charge in [-0.05, 0) is 29.3 Å². The van der Waals surface area contributed by atoms with Crippen LogP contribution in [0.15, 0.2) is 60.7 Å². The molecule has 0 radical (unpaired) electrons. The number of hydrogen-bond donors (Lipinski definition) is 2. The van der Waals surface area contributed by atoms with Crippen molar-refractivity contribution in [2.45, 2.75) is 12.5 Å². The van der Waals surface area contributed by atoms with Crippen LogP contribution in [0.2, 0.25) is 0 Å². The summed E-state index contributed by atoms with van der Waals surface area (Å²) in [5, 5.41) is 5.12. The highest BCUT2D eigenvalue weighted by molar-refractivity contribution is 5.94. The molecule has 0 bridgehead atoms. The number of benzene rings is 2. The zero-order valence-electron chi connectivity index (χ0n) is 15.4. The second kappa shape index (κ2) is 10.6. The Balaban J connectivity index is 1.91. The number of methoxy groups -OCH3 is 1. The lowest BCUT2D eigenvalue weighted by Crippen LogP contribution is -2.38. The smallest absolute Gasteiger partial charge is 0.307 e. The van der Waals surface area contributed by atoms with Crippen LogP contribution >= 0.6 is 0 Å². The molecule has 0 saturated carbocycles. The number of amides is 2. The fraction of sp³-hybridized carbons (Fsp3) is 0.190. The van der Waals surface area contributed by atoms with Crippen molar-refractivity contribution in [2.24, 2.45) is 0 Å². The summed E-state index contributed by atoms with van der Waals surface area (Å²) in [6, 6.07) is 14.0. The van der Waals surface area contributed by atoms with Gasteiger partial charge in [0, 0.05) is 6.08 Å². The molecule has 6 nitrogen and oxygen atoms in total. The standard InChI is InChI=1S/C21H21FN2O4/c1-28-21(27)13-18(16-8-10-17(22)11-9-16)24-20(26)14-23-19(25)12-7-15-5-3-2-4-6-15/h2-12,18H,13-14H2,1H3,(H,23,25)(H,24,26)/b12-7+. The third-order valence-corrected chi connectivity index (χ3v) is 3.86. The Kier molecular flexibility index (Phi) is 7.90. The molecule has 0 heterocycles. The number of ether oxygens (including phenoxy) is 1. The lowest BCUT2D eigenvalue weighted by Gasteiger charge is -2.18. The van der Waals surface area contributed by atoms with E-state index in [1.165, 1.54) is 37.5 Å². The molecule has 1 unspecified atom stereocenters. The third kappa shape index (κ3) is 7.03. The Labute approximate surface area is 162 Å². The number of esters is 1. The molecule has 28 heavy (non-hydrogen) atoms. The topological polar surface area (TPSA) is 84.5 Å². The molecule has 0 spiro atoms. The van der Waals surface area contributed by atoms with Crippen LogP contribution in [0.1, 0.15) is 23.6 Å². The van der Waals surface area contributed by atoms with E-state index >= 15 is 0 Å². The number of hydrogen-bond acceptors (Lipinski definition) is 4. The average molecular weight is 384 g/mol. The van der Waals surface area contributed by atoms with Gasteiger partial charge in [0.25, 0.3) is 0 Å². The van der Waals surface area contributed by atoms with Crippen LogP contribution < -0.4 is 10.6 Å². The molecule has 146 valence electrons. The lowest BCUT2D eigenvalue weighted by atomic mass is 10.0. The highest BCUT2D eigenvalue weighted by Gasteiger charge is 2.19. The Bertz CT molecular complexity index is 835. The molecule has 2 amide bonds. The molecule has 1 atom stereocenters. The number of rotatable bonds is 8. The highest BCUT2D eigenvalue weighted by atomic mass is 19.1. The Hall–Kier alpha value is -3.48. The molecular formula is C21H21FN2O4. The van der Waals surface area contributed by atoms with Gasteiger partial charge in [-0.3, -0.25) is 14.4 Å². The van der Waals surface area contributed by atoms with E-state index in [1.54, 1.807) is 6.08 Å². The normalized spacial score (nSPS) is 11.6. The molecule has 0 saturated heterocycles. The third-order valence-electron chi connectivity index (χ3n) is 3.86. The Morgan fingerprint density at radius 3 is 2.39 bits per heavy atom. The van der Waals surface area contributed by atoms with Gasteiger partial charge in [-0.2, -0.15) is 0 Å². The van der Waals surface area contributed by atoms with E-state index in [2.05, 4.69) is 15.4 Å². The van der Waals surface area contributed by atoms with Crippen LogP contribution in [0, 0.1) is 5.82 Å². The zero-order valence-corrected chi connectivity index (χ0v) is 15.4. The summed E-state index contributed by atoms with van der Waals surface area (Å²) in [4.78, 5) is 35.6. The van der Waals surface area contributed by atoms with Crippen LogP contribution in [-0.2, 0) is 19.1 Å². The Morgan fingerprint density at radius 2 is 1.75 bits per heavy atom. The predicted octanol–water partition coefficient (Wildman–Crippen LogP) is 2.38. The summed E-state index contributed by atoms with van der Waals surface area (Å²) in [7, 11) is 1.24. The van der Waals surface area contributed by atoms with Crippen molar-refractivity contribution in [1.82, 2.24) is 10.6 Å². The molecule has 0 aliphatic carbocycles. The number of carbonyl (C=O) groups is 3. The minimum absolute atomic E-state index is 0.115. The number of carbonyl (C=O) groups excluding carboxylic acids is 3. The molecular weight excluding hydrogens is 363 g/mol. The maximum atomic E-state index is 13.1. The van der Waals surface area contributed by atoms with E-state index in [0.717, 1.165) is 5.56 Å². The summed E-state index contributed by atoms with van der Waals surface area (Å²) in [5.41, 5.74) is 1.41. The predicted molar refractivity (Wildman–Crippen MR) is 102 cm³/mol. The first-order valence-corrected chi connectivity index (χ1v) is 8.60. The quantitative estimate of drug-likeness (QED) is 0.541. The molecule has 0 aliphatic heterocycles. The SMILES string of the molecule is COC(=O)CC(NC(=O)CNC(=O)/C=C/c1ccccc1)c1ccc(F)cc1. The summed E-state index contributed by atoms with van der Waals surface area (Å²) in [6.07, 6.45) is 2.84. The van der Waals surface area contributed by atoms with Crippen LogP contribution in [-0.4, -0.2) is 31.4 Å². The van der Waals surface area contributed by atoms with Gasteiger partial charge in [-0.25, -0.2) is 4.39 Å². The van der Waals surface area contributed by atoms with Gasteiger partial charge in [0.1, 0.15) is 5.82 Å². The first kappa shape index (κ1) is 20.8. The molecule has 2 N–H and O–H groups in total.